The van der Waals surface area contributed by atoms with Gasteiger partial charge < -0.3 is 35.3 Å². The van der Waals surface area contributed by atoms with Crippen LogP contribution < -0.4 is 16.0 Å². The van der Waals surface area contributed by atoms with Crippen LogP contribution in [-0.2, 0) is 11.2 Å². The summed E-state index contributed by atoms with van der Waals surface area (Å²) in [6, 6.07) is 20.8. The van der Waals surface area contributed by atoms with Gasteiger partial charge in [-0.25, -0.2) is 4.98 Å². The van der Waals surface area contributed by atoms with E-state index < -0.39 is 24.5 Å². The first-order chi connectivity index (χ1) is 21.6. The van der Waals surface area contributed by atoms with Crippen molar-refractivity contribution in [1.82, 2.24) is 35.0 Å². The number of imidazole rings is 1. The van der Waals surface area contributed by atoms with Crippen LogP contribution in [0.15, 0.2) is 71.4 Å². The molecular weight excluding hydrogens is 562 g/mol. The Bertz CT molecular complexity index is 1650. The van der Waals surface area contributed by atoms with Crippen molar-refractivity contribution in [2.75, 3.05) is 30.3 Å². The van der Waals surface area contributed by atoms with Gasteiger partial charge in [0.2, 0.25) is 17.7 Å². The van der Waals surface area contributed by atoms with Crippen LogP contribution in [0.25, 0.3) is 11.2 Å². The average Bonchev–Trinajstić information content (AvgIpc) is 3.87. The van der Waals surface area contributed by atoms with E-state index in [9.17, 15) is 10.2 Å². The Kier molecular flexibility index (Phi) is 7.91. The summed E-state index contributed by atoms with van der Waals surface area (Å²) in [5, 5.41) is 40.3. The third-order valence-corrected chi connectivity index (χ3v) is 8.23. The van der Waals surface area contributed by atoms with Crippen molar-refractivity contribution < 1.29 is 19.4 Å². The molecule has 13 heteroatoms. The summed E-state index contributed by atoms with van der Waals surface area (Å²) in [6.07, 6.45) is -1.55. The fourth-order valence-corrected chi connectivity index (χ4v) is 5.87. The number of nitrogens with one attached hydrogen (secondary N) is 3. The highest BCUT2D eigenvalue weighted by Gasteiger charge is 2.47. The minimum Gasteiger partial charge on any atom is -0.422 e. The quantitative estimate of drug-likeness (QED) is 0.160. The molecule has 44 heavy (non-hydrogen) atoms. The fraction of sp³-hybridized carbons (Fsp3) is 0.387. The Labute approximate surface area is 253 Å². The molecule has 2 aliphatic heterocycles. The predicted octanol–water partition coefficient (Wildman–Crippen LogP) is 2.78. The van der Waals surface area contributed by atoms with Crippen LogP contribution in [0.5, 0.6) is 0 Å². The molecule has 2 aromatic carbocycles. The number of hydrogen-bond donors (Lipinski definition) is 5. The van der Waals surface area contributed by atoms with E-state index in [1.807, 2.05) is 43.3 Å². The van der Waals surface area contributed by atoms with Crippen molar-refractivity contribution in [1.29, 1.82) is 0 Å². The van der Waals surface area contributed by atoms with Gasteiger partial charge in [0, 0.05) is 31.5 Å². The number of hydrogen-bond acceptors (Lipinski definition) is 12. The van der Waals surface area contributed by atoms with E-state index in [4.69, 9.17) is 19.1 Å². The number of rotatable bonds is 10. The molecule has 5 atom stereocenters. The Balaban J connectivity index is 1.23. The zero-order valence-corrected chi connectivity index (χ0v) is 24.2. The monoisotopic (exact) mass is 597 g/mol. The molecule has 0 saturated carbocycles. The first-order valence-corrected chi connectivity index (χ1v) is 15.0. The van der Waals surface area contributed by atoms with Crippen LogP contribution in [-0.4, -0.2) is 77.8 Å². The Morgan fingerprint density at radius 1 is 1.00 bits per heavy atom. The third-order valence-electron chi connectivity index (χ3n) is 8.23. The number of nitrogens with zero attached hydrogens (tertiary/aromatic N) is 6. The molecule has 0 spiro atoms. The first-order valence-electron chi connectivity index (χ1n) is 15.0. The van der Waals surface area contributed by atoms with E-state index in [0.29, 0.717) is 41.8 Å². The number of aliphatic hydroxyl groups excluding tert-OH is 2. The largest absolute Gasteiger partial charge is 0.422 e. The molecule has 5 N–H and O–H groups in total. The van der Waals surface area contributed by atoms with E-state index in [1.165, 1.54) is 11.1 Å². The van der Waals surface area contributed by atoms with Gasteiger partial charge in [0.25, 0.3) is 0 Å². The van der Waals surface area contributed by atoms with Gasteiger partial charge >= 0.3 is 0 Å². The van der Waals surface area contributed by atoms with Gasteiger partial charge in [-0.1, -0.05) is 67.6 Å². The molecule has 2 saturated heterocycles. The summed E-state index contributed by atoms with van der Waals surface area (Å²) in [7, 11) is 0. The molecule has 7 rings (SSSR count). The molecule has 0 unspecified atom stereocenters. The van der Waals surface area contributed by atoms with Crippen molar-refractivity contribution in [3.8, 4) is 0 Å². The van der Waals surface area contributed by atoms with Gasteiger partial charge in [0.05, 0.1) is 6.33 Å². The second kappa shape index (κ2) is 12.3. The molecular formula is C31H35N9O4. The van der Waals surface area contributed by atoms with Gasteiger partial charge in [0.1, 0.15) is 12.2 Å². The van der Waals surface area contributed by atoms with Gasteiger partial charge in [-0.2, -0.15) is 9.97 Å². The highest BCUT2D eigenvalue weighted by atomic mass is 16.6. The number of anilines is 2. The van der Waals surface area contributed by atoms with Crippen LogP contribution in [0.2, 0.25) is 0 Å². The summed E-state index contributed by atoms with van der Waals surface area (Å²) < 4.78 is 13.4. The topological polar surface area (TPSA) is 168 Å². The smallest absolute Gasteiger partial charge is 0.248 e. The lowest BCUT2D eigenvalue weighted by atomic mass is 9.91. The lowest BCUT2D eigenvalue weighted by Gasteiger charge is -2.20. The molecule has 0 radical (unpaired) electrons. The number of aryl methyl sites for hydroxylation is 1. The van der Waals surface area contributed by atoms with Crippen LogP contribution in [0, 0.1) is 0 Å². The molecule has 2 aliphatic rings. The maximum absolute atomic E-state index is 11.1. The van der Waals surface area contributed by atoms with Crippen LogP contribution in [0.3, 0.4) is 0 Å². The van der Waals surface area contributed by atoms with E-state index in [-0.39, 0.29) is 17.9 Å². The molecule has 2 fully saturated rings. The molecule has 0 bridgehead atoms. The summed E-state index contributed by atoms with van der Waals surface area (Å²) in [6.45, 7) is 4.15. The standard InChI is InChI=1S/C31H35N9O4/c1-2-22-38-39-29(43-22)26-24(41)25(42)30(44-26)40-17-34-23-27(36-31(37-28(23)40)35-20-13-14-32-15-20)33-16-21(18-9-5-3-6-10-18)19-11-7-4-8-12-19/h3-12,17,20-21,24-26,30,32,41-42H,2,13-16H2,1H3,(H2,33,35,36,37)/t20-,24+,25-,26+,30-/m1/s1. The molecule has 0 amide bonds. The van der Waals surface area contributed by atoms with Crippen molar-refractivity contribution >= 4 is 22.9 Å². The third kappa shape index (κ3) is 5.50. The lowest BCUT2D eigenvalue weighted by Crippen LogP contribution is -2.29. The van der Waals surface area contributed by atoms with E-state index >= 15 is 0 Å². The lowest BCUT2D eigenvalue weighted by molar-refractivity contribution is -0.0439. The summed E-state index contributed by atoms with van der Waals surface area (Å²) in [4.78, 5) is 14.3. The number of benzene rings is 2. The van der Waals surface area contributed by atoms with Gasteiger partial charge in [-0.15, -0.1) is 10.2 Å². The SMILES string of the molecule is CCc1nnc([C@H]2O[C@@H](n3cnc4c(NCC(c5ccccc5)c5ccccc5)nc(N[C@@H]5CCNC5)nc43)[C@H](O)[C@@H]2O)o1. The minimum atomic E-state index is -1.29. The van der Waals surface area contributed by atoms with Crippen LogP contribution in [0.4, 0.5) is 11.8 Å². The maximum Gasteiger partial charge on any atom is 0.248 e. The van der Waals surface area contributed by atoms with Crippen molar-refractivity contribution in [2.45, 2.75) is 56.3 Å². The molecule has 5 heterocycles. The predicted molar refractivity (Wildman–Crippen MR) is 162 cm³/mol. The van der Waals surface area contributed by atoms with E-state index in [1.54, 1.807) is 10.9 Å². The summed E-state index contributed by atoms with van der Waals surface area (Å²) >= 11 is 0. The first kappa shape index (κ1) is 28.3. The molecule has 3 aromatic heterocycles. The second-order valence-corrected chi connectivity index (χ2v) is 11.1. The molecule has 228 valence electrons. The molecule has 13 nitrogen and oxygen atoms in total. The second-order valence-electron chi connectivity index (χ2n) is 11.1. The van der Waals surface area contributed by atoms with Crippen molar-refractivity contribution in [3.63, 3.8) is 0 Å². The average molecular weight is 598 g/mol. The Hall–Kier alpha value is -4.43. The number of aromatic nitrogens is 6. The van der Waals surface area contributed by atoms with Crippen LogP contribution >= 0.6 is 0 Å². The highest BCUT2D eigenvalue weighted by Crippen LogP contribution is 2.40. The van der Waals surface area contributed by atoms with Crippen molar-refractivity contribution in [2.24, 2.45) is 0 Å². The normalized spacial score (nSPS) is 23.5. The fourth-order valence-electron chi connectivity index (χ4n) is 5.87. The zero-order chi connectivity index (χ0) is 30.0. The van der Waals surface area contributed by atoms with E-state index in [0.717, 1.165) is 19.5 Å². The maximum atomic E-state index is 11.1. The Morgan fingerprint density at radius 2 is 1.75 bits per heavy atom. The van der Waals surface area contributed by atoms with Crippen LogP contribution in [0.1, 0.15) is 54.5 Å². The molecule has 5 aromatic rings. The minimum absolute atomic E-state index is 0.0539. The summed E-state index contributed by atoms with van der Waals surface area (Å²) in [5.41, 5.74) is 3.31. The number of aliphatic hydroxyl groups is 2. The highest BCUT2D eigenvalue weighted by molar-refractivity contribution is 5.84. The number of ether oxygens (including phenoxy) is 1. The Morgan fingerprint density at radius 3 is 2.41 bits per heavy atom. The van der Waals surface area contributed by atoms with E-state index in [2.05, 4.69) is 55.4 Å². The van der Waals surface area contributed by atoms with Gasteiger partial charge in [-0.05, 0) is 24.1 Å². The van der Waals surface area contributed by atoms with Crippen molar-refractivity contribution in [3.05, 3.63) is 89.9 Å². The van der Waals surface area contributed by atoms with Gasteiger partial charge in [-0.3, -0.25) is 4.57 Å². The zero-order valence-electron chi connectivity index (χ0n) is 24.2. The van der Waals surface area contributed by atoms with Gasteiger partial charge in [0.15, 0.2) is 29.3 Å². The summed E-state index contributed by atoms with van der Waals surface area (Å²) in [5.74, 6) is 1.57. The molecule has 0 aliphatic carbocycles. The number of fused-ring (bicyclic) bond motifs is 1.